The molecule has 1 fully saturated rings. The van der Waals surface area contributed by atoms with E-state index in [1.54, 1.807) is 7.05 Å². The topological polar surface area (TPSA) is 52.6 Å². The summed E-state index contributed by atoms with van der Waals surface area (Å²) in [7, 11) is 1.72. The van der Waals surface area contributed by atoms with Crippen LogP contribution in [-0.2, 0) is 4.79 Å². The molecule has 0 amide bonds. The third-order valence-corrected chi connectivity index (χ3v) is 4.43. The molecule has 0 bridgehead atoms. The van der Waals surface area contributed by atoms with E-state index in [1.807, 2.05) is 0 Å². The third-order valence-electron chi connectivity index (χ3n) is 4.43. The van der Waals surface area contributed by atoms with Crippen LogP contribution in [0.25, 0.3) is 0 Å². The minimum atomic E-state index is -0.745. The van der Waals surface area contributed by atoms with Crippen LogP contribution in [0.2, 0.25) is 0 Å². The Bertz CT molecular complexity index is 286. The van der Waals surface area contributed by atoms with Crippen LogP contribution >= 0.6 is 0 Å². The van der Waals surface area contributed by atoms with Crippen molar-refractivity contribution in [2.75, 3.05) is 26.7 Å². The lowest BCUT2D eigenvalue weighted by Crippen LogP contribution is -2.38. The second-order valence-electron chi connectivity index (χ2n) is 6.80. The molecule has 1 aliphatic heterocycles. The summed E-state index contributed by atoms with van der Waals surface area (Å²) >= 11 is 0. The lowest BCUT2D eigenvalue weighted by Gasteiger charge is -2.30. The van der Waals surface area contributed by atoms with Crippen LogP contribution in [0.1, 0.15) is 46.5 Å². The highest BCUT2D eigenvalue weighted by Gasteiger charge is 2.27. The number of hydrogen-bond donors (Lipinski definition) is 2. The molecule has 2 N–H and O–H groups in total. The molecule has 0 radical (unpaired) electrons. The number of carbonyl (C=O) groups is 1. The number of rotatable bonds is 5. The van der Waals surface area contributed by atoms with Gasteiger partial charge in [-0.1, -0.05) is 20.8 Å². The van der Waals surface area contributed by atoms with Crippen LogP contribution in [0, 0.1) is 11.3 Å². The molecule has 0 aromatic heterocycles. The molecule has 2 unspecified atom stereocenters. The molecule has 4 heteroatoms. The summed E-state index contributed by atoms with van der Waals surface area (Å²) in [5.74, 6) is 0.0435. The van der Waals surface area contributed by atoms with Gasteiger partial charge in [0.15, 0.2) is 0 Å². The smallest absolute Gasteiger partial charge is 0.320 e. The van der Waals surface area contributed by atoms with E-state index < -0.39 is 12.0 Å². The normalized spacial score (nSPS) is 23.9. The van der Waals surface area contributed by atoms with Crippen molar-refractivity contribution in [2.24, 2.45) is 11.3 Å². The van der Waals surface area contributed by atoms with Crippen LogP contribution < -0.4 is 5.32 Å². The Balaban J connectivity index is 2.39. The molecule has 0 saturated carbocycles. The van der Waals surface area contributed by atoms with E-state index in [0.717, 1.165) is 25.6 Å². The molecule has 112 valence electrons. The number of hydrogen-bond acceptors (Lipinski definition) is 3. The van der Waals surface area contributed by atoms with Crippen molar-refractivity contribution >= 4 is 5.97 Å². The van der Waals surface area contributed by atoms with Gasteiger partial charge in [-0.05, 0) is 57.2 Å². The highest BCUT2D eigenvalue weighted by Crippen LogP contribution is 2.34. The Hall–Kier alpha value is -0.610. The fourth-order valence-corrected chi connectivity index (χ4v) is 2.95. The molecule has 0 aromatic carbocycles. The monoisotopic (exact) mass is 270 g/mol. The first-order chi connectivity index (χ1) is 8.84. The van der Waals surface area contributed by atoms with Gasteiger partial charge in [-0.25, -0.2) is 0 Å². The van der Waals surface area contributed by atoms with Crippen LogP contribution in [0.3, 0.4) is 0 Å². The SMILES string of the molecule is CNC(CCN1CCCC(C(C)(C)C)CC1)C(=O)O. The van der Waals surface area contributed by atoms with Gasteiger partial charge in [0.05, 0.1) is 0 Å². The molecule has 0 spiro atoms. The number of likely N-dealkylation sites (N-methyl/N-ethyl adjacent to an activating group) is 1. The molecule has 0 aliphatic carbocycles. The van der Waals surface area contributed by atoms with E-state index in [0.29, 0.717) is 11.8 Å². The van der Waals surface area contributed by atoms with E-state index in [2.05, 4.69) is 31.0 Å². The van der Waals surface area contributed by atoms with Crippen molar-refractivity contribution < 1.29 is 9.90 Å². The van der Waals surface area contributed by atoms with Gasteiger partial charge in [-0.2, -0.15) is 0 Å². The van der Waals surface area contributed by atoms with E-state index >= 15 is 0 Å². The molecule has 2 atom stereocenters. The summed E-state index contributed by atoms with van der Waals surface area (Å²) in [5, 5.41) is 11.9. The maximum atomic E-state index is 11.0. The fourth-order valence-electron chi connectivity index (χ4n) is 2.95. The Kier molecular flexibility index (Phi) is 6.27. The van der Waals surface area contributed by atoms with E-state index in [9.17, 15) is 4.79 Å². The zero-order valence-corrected chi connectivity index (χ0v) is 12.9. The second-order valence-corrected chi connectivity index (χ2v) is 6.80. The van der Waals surface area contributed by atoms with Crippen LogP contribution in [-0.4, -0.2) is 48.7 Å². The fraction of sp³-hybridized carbons (Fsp3) is 0.933. The quantitative estimate of drug-likeness (QED) is 0.804. The lowest BCUT2D eigenvalue weighted by molar-refractivity contribution is -0.139. The summed E-state index contributed by atoms with van der Waals surface area (Å²) in [6.07, 6.45) is 4.46. The predicted molar refractivity (Wildman–Crippen MR) is 78.3 cm³/mol. The van der Waals surface area contributed by atoms with Gasteiger partial charge < -0.3 is 15.3 Å². The summed E-state index contributed by atoms with van der Waals surface area (Å²) in [6.45, 7) is 10.1. The highest BCUT2D eigenvalue weighted by atomic mass is 16.4. The molecule has 1 aliphatic rings. The lowest BCUT2D eigenvalue weighted by atomic mass is 9.77. The molecule has 1 saturated heterocycles. The Morgan fingerprint density at radius 1 is 1.37 bits per heavy atom. The number of carboxylic acids is 1. The largest absolute Gasteiger partial charge is 0.480 e. The molecule has 19 heavy (non-hydrogen) atoms. The van der Waals surface area contributed by atoms with E-state index in [1.165, 1.54) is 19.3 Å². The first-order valence-corrected chi connectivity index (χ1v) is 7.47. The van der Waals surface area contributed by atoms with E-state index in [4.69, 9.17) is 5.11 Å². The van der Waals surface area contributed by atoms with Crippen molar-refractivity contribution in [3.05, 3.63) is 0 Å². The van der Waals surface area contributed by atoms with Crippen molar-refractivity contribution in [1.82, 2.24) is 10.2 Å². The number of nitrogens with zero attached hydrogens (tertiary/aromatic N) is 1. The summed E-state index contributed by atoms with van der Waals surface area (Å²) in [6, 6.07) is -0.415. The Morgan fingerprint density at radius 3 is 2.58 bits per heavy atom. The molecule has 1 heterocycles. The summed E-state index contributed by atoms with van der Waals surface area (Å²) in [4.78, 5) is 13.4. The average Bonchev–Trinajstić information content (AvgIpc) is 2.54. The van der Waals surface area contributed by atoms with Crippen molar-refractivity contribution in [1.29, 1.82) is 0 Å². The van der Waals surface area contributed by atoms with Gasteiger partial charge >= 0.3 is 5.97 Å². The molecule has 4 nitrogen and oxygen atoms in total. The van der Waals surface area contributed by atoms with Gasteiger partial charge in [0.2, 0.25) is 0 Å². The van der Waals surface area contributed by atoms with E-state index in [-0.39, 0.29) is 0 Å². The highest BCUT2D eigenvalue weighted by molar-refractivity contribution is 5.73. The van der Waals surface area contributed by atoms with Crippen LogP contribution in [0.4, 0.5) is 0 Å². The van der Waals surface area contributed by atoms with Gasteiger partial charge in [-0.3, -0.25) is 4.79 Å². The minimum absolute atomic E-state index is 0.393. The first-order valence-electron chi connectivity index (χ1n) is 7.47. The minimum Gasteiger partial charge on any atom is -0.480 e. The summed E-state index contributed by atoms with van der Waals surface area (Å²) in [5.41, 5.74) is 0.393. The van der Waals surface area contributed by atoms with Gasteiger partial charge in [0.25, 0.3) is 0 Å². The zero-order chi connectivity index (χ0) is 14.5. The third kappa shape index (κ3) is 5.49. The van der Waals surface area contributed by atoms with Gasteiger partial charge in [0.1, 0.15) is 6.04 Å². The molecule has 1 rings (SSSR count). The number of likely N-dealkylation sites (tertiary alicyclic amines) is 1. The predicted octanol–water partition coefficient (Wildman–Crippen LogP) is 2.20. The maximum Gasteiger partial charge on any atom is 0.320 e. The Morgan fingerprint density at radius 2 is 2.05 bits per heavy atom. The number of aliphatic carboxylic acids is 1. The van der Waals surface area contributed by atoms with Crippen molar-refractivity contribution in [3.63, 3.8) is 0 Å². The summed E-state index contributed by atoms with van der Waals surface area (Å²) < 4.78 is 0. The standard InChI is InChI=1S/C15H30N2O2/c1-15(2,3)12-6-5-9-17(10-7-12)11-8-13(16-4)14(18)19/h12-13,16H,5-11H2,1-4H3,(H,18,19). The number of carboxylic acid groups (broad SMARTS) is 1. The van der Waals surface area contributed by atoms with Gasteiger partial charge in [-0.15, -0.1) is 0 Å². The molecule has 0 aromatic rings. The zero-order valence-electron chi connectivity index (χ0n) is 12.9. The second kappa shape index (κ2) is 7.25. The van der Waals surface area contributed by atoms with Gasteiger partial charge in [0, 0.05) is 6.54 Å². The van der Waals surface area contributed by atoms with Crippen LogP contribution in [0.5, 0.6) is 0 Å². The first kappa shape index (κ1) is 16.4. The van der Waals surface area contributed by atoms with Crippen LogP contribution in [0.15, 0.2) is 0 Å². The average molecular weight is 270 g/mol. The molecular weight excluding hydrogens is 240 g/mol. The maximum absolute atomic E-state index is 11.0. The Labute approximate surface area is 117 Å². The van der Waals surface area contributed by atoms with Crippen molar-refractivity contribution in [3.8, 4) is 0 Å². The number of nitrogens with one attached hydrogen (secondary N) is 1. The molecular formula is C15H30N2O2. The van der Waals surface area contributed by atoms with Crippen molar-refractivity contribution in [2.45, 2.75) is 52.5 Å².